The molecule has 5 heteroatoms. The van der Waals surface area contributed by atoms with E-state index in [0.29, 0.717) is 11.4 Å². The molecular formula is C15H26N2O2S. The van der Waals surface area contributed by atoms with Gasteiger partial charge in [0.25, 0.3) is 0 Å². The smallest absolute Gasteiger partial charge is 0.240 e. The Bertz CT molecular complexity index is 469. The summed E-state index contributed by atoms with van der Waals surface area (Å²) in [7, 11) is -3.34. The van der Waals surface area contributed by atoms with E-state index in [-0.39, 0.29) is 0 Å². The quantitative estimate of drug-likeness (QED) is 0.652. The Morgan fingerprint density at radius 1 is 1.00 bits per heavy atom. The third kappa shape index (κ3) is 6.03. The Morgan fingerprint density at radius 2 is 1.70 bits per heavy atom. The lowest BCUT2D eigenvalue weighted by molar-refractivity contribution is 0.578. The molecule has 1 aromatic carbocycles. The van der Waals surface area contributed by atoms with Crippen LogP contribution >= 0.6 is 0 Å². The summed E-state index contributed by atoms with van der Waals surface area (Å²) in [5, 5.41) is 3.28. The number of unbranched alkanes of at least 4 members (excludes halogenated alkanes) is 1. The number of aryl methyl sites for hydroxylation is 1. The zero-order valence-corrected chi connectivity index (χ0v) is 13.3. The van der Waals surface area contributed by atoms with Gasteiger partial charge in [0.05, 0.1) is 4.90 Å². The van der Waals surface area contributed by atoms with Crippen LogP contribution in [0, 0.1) is 0 Å². The zero-order chi connectivity index (χ0) is 14.8. The van der Waals surface area contributed by atoms with Crippen molar-refractivity contribution in [1.82, 2.24) is 10.0 Å². The number of hydrogen-bond acceptors (Lipinski definition) is 3. The molecule has 0 bridgehead atoms. The average Bonchev–Trinajstić information content (AvgIpc) is 2.44. The van der Waals surface area contributed by atoms with Crippen molar-refractivity contribution in [3.05, 3.63) is 29.8 Å². The number of sulfonamides is 1. The molecule has 1 aromatic rings. The molecule has 2 N–H and O–H groups in total. The fourth-order valence-electron chi connectivity index (χ4n) is 1.90. The first-order valence-electron chi connectivity index (χ1n) is 7.39. The minimum Gasteiger partial charge on any atom is -0.317 e. The first-order chi connectivity index (χ1) is 9.60. The SMILES string of the molecule is CCCCNS(=O)(=O)c1ccc(CCCNCC)cc1. The Hall–Kier alpha value is -0.910. The van der Waals surface area contributed by atoms with Crippen LogP contribution in [0.25, 0.3) is 0 Å². The number of nitrogens with one attached hydrogen (secondary N) is 2. The molecule has 0 heterocycles. The molecule has 1 rings (SSSR count). The standard InChI is InChI=1S/C15H26N2O2S/c1-3-5-13-17-20(18,19)15-10-8-14(9-11-15)7-6-12-16-4-2/h8-11,16-17H,3-7,12-13H2,1-2H3. The highest BCUT2D eigenvalue weighted by Crippen LogP contribution is 2.11. The molecule has 0 saturated carbocycles. The van der Waals surface area contributed by atoms with Crippen molar-refractivity contribution in [3.63, 3.8) is 0 Å². The van der Waals surface area contributed by atoms with Gasteiger partial charge in [-0.1, -0.05) is 32.4 Å². The second kappa shape index (κ2) is 9.10. The normalized spacial score (nSPS) is 11.7. The summed E-state index contributed by atoms with van der Waals surface area (Å²) < 4.78 is 26.6. The van der Waals surface area contributed by atoms with Crippen LogP contribution < -0.4 is 10.0 Å². The molecule has 114 valence electrons. The number of hydrogen-bond donors (Lipinski definition) is 2. The van der Waals surface area contributed by atoms with Crippen LogP contribution in [0.1, 0.15) is 38.7 Å². The second-order valence-electron chi connectivity index (χ2n) is 4.85. The van der Waals surface area contributed by atoms with Crippen molar-refractivity contribution < 1.29 is 8.42 Å². The molecule has 0 amide bonds. The fourth-order valence-corrected chi connectivity index (χ4v) is 2.97. The summed E-state index contributed by atoms with van der Waals surface area (Å²) in [6.45, 7) is 6.61. The van der Waals surface area contributed by atoms with Gasteiger partial charge in [-0.25, -0.2) is 13.1 Å². The Labute approximate surface area is 123 Å². The van der Waals surface area contributed by atoms with Gasteiger partial charge < -0.3 is 5.32 Å². The van der Waals surface area contributed by atoms with E-state index >= 15 is 0 Å². The van der Waals surface area contributed by atoms with E-state index in [0.717, 1.165) is 38.8 Å². The summed E-state index contributed by atoms with van der Waals surface area (Å²) >= 11 is 0. The van der Waals surface area contributed by atoms with Crippen molar-refractivity contribution in [2.75, 3.05) is 19.6 Å². The molecule has 0 radical (unpaired) electrons. The molecule has 0 spiro atoms. The Balaban J connectivity index is 2.52. The van der Waals surface area contributed by atoms with Gasteiger partial charge in [-0.3, -0.25) is 0 Å². The summed E-state index contributed by atoms with van der Waals surface area (Å²) in [4.78, 5) is 0.351. The molecule has 0 aliphatic rings. The van der Waals surface area contributed by atoms with Crippen LogP contribution in [0.5, 0.6) is 0 Å². The molecular weight excluding hydrogens is 272 g/mol. The summed E-state index contributed by atoms with van der Waals surface area (Å²) in [5.41, 5.74) is 1.18. The predicted molar refractivity (Wildman–Crippen MR) is 83.4 cm³/mol. The summed E-state index contributed by atoms with van der Waals surface area (Å²) in [6, 6.07) is 7.19. The second-order valence-corrected chi connectivity index (χ2v) is 6.62. The third-order valence-electron chi connectivity index (χ3n) is 3.13. The van der Waals surface area contributed by atoms with Crippen LogP contribution in [0.2, 0.25) is 0 Å². The van der Waals surface area contributed by atoms with Crippen LogP contribution in [0.15, 0.2) is 29.2 Å². The first kappa shape index (κ1) is 17.1. The van der Waals surface area contributed by atoms with E-state index < -0.39 is 10.0 Å². The van der Waals surface area contributed by atoms with E-state index in [1.807, 2.05) is 19.1 Å². The molecule has 0 saturated heterocycles. The highest BCUT2D eigenvalue weighted by Gasteiger charge is 2.12. The highest BCUT2D eigenvalue weighted by molar-refractivity contribution is 7.89. The van der Waals surface area contributed by atoms with Crippen molar-refractivity contribution in [3.8, 4) is 0 Å². The molecule has 0 aromatic heterocycles. The average molecular weight is 298 g/mol. The maximum absolute atomic E-state index is 12.0. The maximum Gasteiger partial charge on any atom is 0.240 e. The minimum absolute atomic E-state index is 0.351. The zero-order valence-electron chi connectivity index (χ0n) is 12.5. The van der Waals surface area contributed by atoms with E-state index in [1.165, 1.54) is 5.56 Å². The molecule has 0 aliphatic carbocycles. The van der Waals surface area contributed by atoms with Gasteiger partial charge in [0.15, 0.2) is 0 Å². The van der Waals surface area contributed by atoms with Crippen molar-refractivity contribution in [2.45, 2.75) is 44.4 Å². The molecule has 0 aliphatic heterocycles. The lowest BCUT2D eigenvalue weighted by Crippen LogP contribution is -2.24. The van der Waals surface area contributed by atoms with Crippen LogP contribution in [0.3, 0.4) is 0 Å². The van der Waals surface area contributed by atoms with Crippen LogP contribution in [-0.2, 0) is 16.4 Å². The molecule has 4 nitrogen and oxygen atoms in total. The maximum atomic E-state index is 12.0. The van der Waals surface area contributed by atoms with E-state index in [9.17, 15) is 8.42 Å². The molecule has 0 unspecified atom stereocenters. The Morgan fingerprint density at radius 3 is 2.30 bits per heavy atom. The van der Waals surface area contributed by atoms with Gasteiger partial charge in [-0.15, -0.1) is 0 Å². The topological polar surface area (TPSA) is 58.2 Å². The fraction of sp³-hybridized carbons (Fsp3) is 0.600. The molecule has 20 heavy (non-hydrogen) atoms. The van der Waals surface area contributed by atoms with Gasteiger partial charge in [-0.2, -0.15) is 0 Å². The largest absolute Gasteiger partial charge is 0.317 e. The third-order valence-corrected chi connectivity index (χ3v) is 4.60. The lowest BCUT2D eigenvalue weighted by atomic mass is 10.1. The van der Waals surface area contributed by atoms with Gasteiger partial charge >= 0.3 is 0 Å². The van der Waals surface area contributed by atoms with E-state index in [1.54, 1.807) is 12.1 Å². The summed E-state index contributed by atoms with van der Waals surface area (Å²) in [6.07, 6.45) is 3.88. The number of benzene rings is 1. The van der Waals surface area contributed by atoms with Gasteiger partial charge in [0.2, 0.25) is 10.0 Å². The van der Waals surface area contributed by atoms with Gasteiger partial charge in [-0.05, 0) is 50.0 Å². The minimum atomic E-state index is -3.34. The Kier molecular flexibility index (Phi) is 7.80. The van der Waals surface area contributed by atoms with Crippen molar-refractivity contribution in [2.24, 2.45) is 0 Å². The van der Waals surface area contributed by atoms with E-state index in [4.69, 9.17) is 0 Å². The first-order valence-corrected chi connectivity index (χ1v) is 8.87. The number of rotatable bonds is 10. The van der Waals surface area contributed by atoms with Crippen molar-refractivity contribution in [1.29, 1.82) is 0 Å². The monoisotopic (exact) mass is 298 g/mol. The van der Waals surface area contributed by atoms with Crippen molar-refractivity contribution >= 4 is 10.0 Å². The van der Waals surface area contributed by atoms with Gasteiger partial charge in [0, 0.05) is 6.54 Å². The highest BCUT2D eigenvalue weighted by atomic mass is 32.2. The van der Waals surface area contributed by atoms with Crippen LogP contribution in [-0.4, -0.2) is 28.1 Å². The van der Waals surface area contributed by atoms with Crippen LogP contribution in [0.4, 0.5) is 0 Å². The predicted octanol–water partition coefficient (Wildman–Crippen LogP) is 2.31. The lowest BCUT2D eigenvalue weighted by Gasteiger charge is -2.07. The summed E-state index contributed by atoms with van der Waals surface area (Å²) in [5.74, 6) is 0. The molecule has 0 fully saturated rings. The van der Waals surface area contributed by atoms with E-state index in [2.05, 4.69) is 17.0 Å². The van der Waals surface area contributed by atoms with Gasteiger partial charge in [0.1, 0.15) is 0 Å². The molecule has 0 atom stereocenters.